The van der Waals surface area contributed by atoms with Crippen LogP contribution in [0.5, 0.6) is 0 Å². The molecule has 0 fully saturated rings. The van der Waals surface area contributed by atoms with E-state index in [9.17, 15) is 9.59 Å². The van der Waals surface area contributed by atoms with Gasteiger partial charge in [0.15, 0.2) is 0 Å². The van der Waals surface area contributed by atoms with Crippen molar-refractivity contribution in [2.75, 3.05) is 0 Å². The first-order valence-electron chi connectivity index (χ1n) is 6.37. The smallest absolute Gasteiger partial charge is 0.337 e. The molecule has 2 aromatic heterocycles. The molecule has 0 aliphatic carbocycles. The van der Waals surface area contributed by atoms with Crippen molar-refractivity contribution in [2.24, 2.45) is 0 Å². The van der Waals surface area contributed by atoms with E-state index in [0.717, 1.165) is 11.1 Å². The van der Waals surface area contributed by atoms with Crippen LogP contribution in [0, 0.1) is 13.8 Å². The minimum Gasteiger partial charge on any atom is -0.478 e. The van der Waals surface area contributed by atoms with Crippen molar-refractivity contribution < 1.29 is 14.7 Å². The molecule has 0 aromatic carbocycles. The lowest BCUT2D eigenvalue weighted by molar-refractivity contribution is 0.0694. The van der Waals surface area contributed by atoms with Crippen LogP contribution in [-0.4, -0.2) is 27.0 Å². The van der Waals surface area contributed by atoms with Crippen molar-refractivity contribution in [2.45, 2.75) is 20.4 Å². The van der Waals surface area contributed by atoms with Crippen LogP contribution >= 0.6 is 0 Å². The van der Waals surface area contributed by atoms with Gasteiger partial charge in [-0.3, -0.25) is 9.78 Å². The number of carboxylic acids is 1. The predicted octanol–water partition coefficient (Wildman–Crippen LogP) is 1.72. The number of hydrogen-bond donors (Lipinski definition) is 2. The van der Waals surface area contributed by atoms with E-state index >= 15 is 0 Å². The number of nitrogens with zero attached hydrogens (tertiary/aromatic N) is 2. The van der Waals surface area contributed by atoms with Gasteiger partial charge in [0, 0.05) is 18.9 Å². The van der Waals surface area contributed by atoms with Crippen molar-refractivity contribution in [3.8, 4) is 0 Å². The van der Waals surface area contributed by atoms with Crippen LogP contribution in [0.1, 0.15) is 37.7 Å². The number of aromatic nitrogens is 2. The summed E-state index contributed by atoms with van der Waals surface area (Å²) in [5.74, 6) is -1.40. The fourth-order valence-electron chi connectivity index (χ4n) is 1.88. The molecule has 0 aliphatic rings. The average molecular weight is 285 g/mol. The van der Waals surface area contributed by atoms with Crippen molar-refractivity contribution in [1.82, 2.24) is 15.3 Å². The quantitative estimate of drug-likeness (QED) is 0.892. The Kier molecular flexibility index (Phi) is 4.27. The molecule has 0 radical (unpaired) electrons. The predicted molar refractivity (Wildman–Crippen MR) is 76.1 cm³/mol. The minimum absolute atomic E-state index is 0.0940. The van der Waals surface area contributed by atoms with Gasteiger partial charge in [0.2, 0.25) is 0 Å². The molecule has 2 N–H and O–H groups in total. The molecule has 6 heteroatoms. The fraction of sp³-hybridized carbons (Fsp3) is 0.200. The minimum atomic E-state index is -1.06. The van der Waals surface area contributed by atoms with Gasteiger partial charge in [-0.15, -0.1) is 0 Å². The van der Waals surface area contributed by atoms with Crippen LogP contribution < -0.4 is 5.32 Å². The Labute approximate surface area is 121 Å². The molecule has 0 aliphatic heterocycles. The highest BCUT2D eigenvalue weighted by atomic mass is 16.4. The number of aryl methyl sites for hydroxylation is 2. The van der Waals surface area contributed by atoms with Crippen LogP contribution in [0.25, 0.3) is 0 Å². The molecule has 0 spiro atoms. The Morgan fingerprint density at radius 1 is 1.24 bits per heavy atom. The second-order valence-electron chi connectivity index (χ2n) is 4.62. The summed E-state index contributed by atoms with van der Waals surface area (Å²) in [7, 11) is 0. The maximum Gasteiger partial charge on any atom is 0.337 e. The van der Waals surface area contributed by atoms with E-state index in [0.29, 0.717) is 12.2 Å². The fourth-order valence-corrected chi connectivity index (χ4v) is 1.88. The third-order valence-corrected chi connectivity index (χ3v) is 3.12. The van der Waals surface area contributed by atoms with Crippen molar-refractivity contribution in [1.29, 1.82) is 0 Å². The molecule has 2 aromatic rings. The monoisotopic (exact) mass is 285 g/mol. The summed E-state index contributed by atoms with van der Waals surface area (Å²) >= 11 is 0. The first kappa shape index (κ1) is 14.6. The summed E-state index contributed by atoms with van der Waals surface area (Å²) in [6, 6.07) is 4.63. The van der Waals surface area contributed by atoms with E-state index < -0.39 is 5.97 Å². The first-order chi connectivity index (χ1) is 9.99. The number of carboxylic acid groups (broad SMARTS) is 1. The maximum atomic E-state index is 12.0. The Hall–Kier alpha value is -2.76. The number of carbonyl (C=O) groups is 2. The van der Waals surface area contributed by atoms with Gasteiger partial charge in [-0.25, -0.2) is 9.78 Å². The van der Waals surface area contributed by atoms with Crippen LogP contribution in [0.15, 0.2) is 30.6 Å². The zero-order valence-corrected chi connectivity index (χ0v) is 11.8. The number of hydrogen-bond acceptors (Lipinski definition) is 4. The largest absolute Gasteiger partial charge is 0.478 e. The molecular weight excluding hydrogens is 270 g/mol. The van der Waals surface area contributed by atoms with E-state index in [1.807, 2.05) is 13.0 Å². The second-order valence-corrected chi connectivity index (χ2v) is 4.62. The highest BCUT2D eigenvalue weighted by Crippen LogP contribution is 2.08. The lowest BCUT2D eigenvalue weighted by atomic mass is 10.1. The Morgan fingerprint density at radius 2 is 2.00 bits per heavy atom. The number of aromatic carboxylic acids is 1. The molecular formula is C15H15N3O3. The van der Waals surface area contributed by atoms with Crippen LogP contribution in [0.4, 0.5) is 0 Å². The first-order valence-corrected chi connectivity index (χ1v) is 6.37. The van der Waals surface area contributed by atoms with Gasteiger partial charge in [0.1, 0.15) is 5.69 Å². The summed E-state index contributed by atoms with van der Waals surface area (Å²) in [5, 5.41) is 11.7. The van der Waals surface area contributed by atoms with Crippen molar-refractivity contribution in [3.05, 3.63) is 58.7 Å². The number of rotatable bonds is 4. The van der Waals surface area contributed by atoms with Gasteiger partial charge >= 0.3 is 5.97 Å². The zero-order chi connectivity index (χ0) is 15.4. The molecule has 2 heterocycles. The molecule has 0 bridgehead atoms. The molecule has 0 atom stereocenters. The molecule has 0 saturated heterocycles. The average Bonchev–Trinajstić information content (AvgIpc) is 2.45. The molecule has 21 heavy (non-hydrogen) atoms. The molecule has 2 rings (SSSR count). The van der Waals surface area contributed by atoms with Crippen molar-refractivity contribution >= 4 is 11.9 Å². The van der Waals surface area contributed by atoms with Gasteiger partial charge in [-0.1, -0.05) is 0 Å². The number of amides is 1. The number of pyridine rings is 2. The highest BCUT2D eigenvalue weighted by molar-refractivity contribution is 5.94. The van der Waals surface area contributed by atoms with E-state index in [-0.39, 0.29) is 17.2 Å². The Bertz CT molecular complexity index is 698. The van der Waals surface area contributed by atoms with Gasteiger partial charge in [-0.2, -0.15) is 0 Å². The molecule has 6 nitrogen and oxygen atoms in total. The third kappa shape index (κ3) is 3.42. The second kappa shape index (κ2) is 6.13. The maximum absolute atomic E-state index is 12.0. The topological polar surface area (TPSA) is 92.2 Å². The van der Waals surface area contributed by atoms with E-state index in [1.165, 1.54) is 12.1 Å². The Morgan fingerprint density at radius 3 is 2.62 bits per heavy atom. The van der Waals surface area contributed by atoms with E-state index in [2.05, 4.69) is 15.3 Å². The van der Waals surface area contributed by atoms with E-state index in [4.69, 9.17) is 5.11 Å². The molecule has 108 valence electrons. The van der Waals surface area contributed by atoms with Crippen LogP contribution in [0.3, 0.4) is 0 Å². The zero-order valence-electron chi connectivity index (χ0n) is 11.8. The number of nitrogens with one attached hydrogen (secondary N) is 1. The molecule has 0 unspecified atom stereocenters. The number of carbonyl (C=O) groups excluding carboxylic acids is 1. The molecule has 1 amide bonds. The summed E-state index contributed by atoms with van der Waals surface area (Å²) in [6.45, 7) is 3.85. The highest BCUT2D eigenvalue weighted by Gasteiger charge is 2.13. The van der Waals surface area contributed by atoms with Crippen LogP contribution in [0.2, 0.25) is 0 Å². The summed E-state index contributed by atoms with van der Waals surface area (Å²) < 4.78 is 0. The van der Waals surface area contributed by atoms with Gasteiger partial charge in [0.05, 0.1) is 11.3 Å². The van der Waals surface area contributed by atoms with Crippen molar-refractivity contribution in [3.63, 3.8) is 0 Å². The van der Waals surface area contributed by atoms with E-state index in [1.54, 1.807) is 19.3 Å². The SMILES string of the molecule is Cc1cnccc1CNC(=O)c1ccc(C(=O)O)c(C)n1. The van der Waals surface area contributed by atoms with Gasteiger partial charge in [0.25, 0.3) is 5.91 Å². The summed E-state index contributed by atoms with van der Waals surface area (Å²) in [4.78, 5) is 30.9. The summed E-state index contributed by atoms with van der Waals surface area (Å²) in [6.07, 6.45) is 3.39. The lowest BCUT2D eigenvalue weighted by Gasteiger charge is -2.08. The molecule has 0 saturated carbocycles. The Balaban J connectivity index is 2.09. The lowest BCUT2D eigenvalue weighted by Crippen LogP contribution is -2.24. The van der Waals surface area contributed by atoms with Gasteiger partial charge in [-0.05, 0) is 43.2 Å². The van der Waals surface area contributed by atoms with Gasteiger partial charge < -0.3 is 10.4 Å². The normalized spacial score (nSPS) is 10.2. The third-order valence-electron chi connectivity index (χ3n) is 3.12. The standard InChI is InChI=1S/C15H15N3O3/c1-9-7-16-6-5-11(9)8-17-14(19)13-4-3-12(15(20)21)10(2)18-13/h3-7H,8H2,1-2H3,(H,17,19)(H,20,21). The van der Waals surface area contributed by atoms with Crippen LogP contribution in [-0.2, 0) is 6.54 Å². The summed E-state index contributed by atoms with van der Waals surface area (Å²) in [5.41, 5.74) is 2.57.